The third kappa shape index (κ3) is 2.05. The Morgan fingerprint density at radius 2 is 2.20 bits per heavy atom. The molecule has 3 aromatic rings. The molecule has 0 amide bonds. The van der Waals surface area contributed by atoms with Gasteiger partial charge >= 0.3 is 0 Å². The zero-order valence-electron chi connectivity index (χ0n) is 10.7. The first kappa shape index (κ1) is 13.0. The molecule has 0 fully saturated rings. The van der Waals surface area contributed by atoms with Crippen LogP contribution in [0, 0.1) is 5.82 Å². The zero-order valence-corrected chi connectivity index (χ0v) is 12.3. The Balaban J connectivity index is 2.11. The van der Waals surface area contributed by atoms with Gasteiger partial charge in [0.25, 0.3) is 0 Å². The molecule has 3 rings (SSSR count). The molecule has 8 heteroatoms. The van der Waals surface area contributed by atoms with Gasteiger partial charge in [0.15, 0.2) is 5.82 Å². The number of hydrogen-bond donors (Lipinski definition) is 1. The van der Waals surface area contributed by atoms with Crippen molar-refractivity contribution < 1.29 is 4.39 Å². The molecule has 0 aliphatic rings. The summed E-state index contributed by atoms with van der Waals surface area (Å²) in [4.78, 5) is 4.17. The van der Waals surface area contributed by atoms with E-state index in [4.69, 9.17) is 5.73 Å². The van der Waals surface area contributed by atoms with Crippen molar-refractivity contribution in [3.8, 4) is 0 Å². The monoisotopic (exact) mass is 338 g/mol. The van der Waals surface area contributed by atoms with Gasteiger partial charge in [0.05, 0.1) is 22.1 Å². The average Bonchev–Trinajstić information content (AvgIpc) is 2.97. The fourth-order valence-corrected chi connectivity index (χ4v) is 2.44. The summed E-state index contributed by atoms with van der Waals surface area (Å²) in [5, 5.41) is 7.96. The highest BCUT2D eigenvalue weighted by molar-refractivity contribution is 9.10. The molecule has 104 valence electrons. The minimum Gasteiger partial charge on any atom is -0.369 e. The molecule has 0 spiro atoms. The average molecular weight is 339 g/mol. The number of imidazole rings is 1. The van der Waals surface area contributed by atoms with Crippen LogP contribution < -0.4 is 5.73 Å². The zero-order chi connectivity index (χ0) is 14.3. The van der Waals surface area contributed by atoms with Crippen molar-refractivity contribution in [2.24, 2.45) is 0 Å². The normalized spacial score (nSPS) is 11.3. The van der Waals surface area contributed by atoms with Gasteiger partial charge in [0.2, 0.25) is 5.95 Å². The van der Waals surface area contributed by atoms with Crippen LogP contribution in [0.4, 0.5) is 10.3 Å². The second-order valence-electron chi connectivity index (χ2n) is 4.34. The third-order valence-corrected chi connectivity index (χ3v) is 3.76. The fourth-order valence-electron chi connectivity index (χ4n) is 2.11. The molecular formula is C12H12BrFN6. The lowest BCUT2D eigenvalue weighted by atomic mass is 10.3. The van der Waals surface area contributed by atoms with E-state index >= 15 is 0 Å². The predicted molar refractivity (Wildman–Crippen MR) is 76.6 cm³/mol. The number of nitrogens with zero attached hydrogens (tertiary/aromatic N) is 5. The number of nitrogens with two attached hydrogens (primary N) is 1. The van der Waals surface area contributed by atoms with E-state index in [1.807, 2.05) is 11.5 Å². The molecule has 20 heavy (non-hydrogen) atoms. The molecule has 0 atom stereocenters. The number of anilines is 1. The van der Waals surface area contributed by atoms with Crippen LogP contribution >= 0.6 is 15.9 Å². The highest BCUT2D eigenvalue weighted by Gasteiger charge is 2.14. The second-order valence-corrected chi connectivity index (χ2v) is 5.20. The first-order chi connectivity index (χ1) is 9.60. The number of halogens is 2. The smallest absolute Gasteiger partial charge is 0.201 e. The van der Waals surface area contributed by atoms with Crippen molar-refractivity contribution in [1.29, 1.82) is 0 Å². The summed E-state index contributed by atoms with van der Waals surface area (Å²) in [6.45, 7) is 3.22. The van der Waals surface area contributed by atoms with Gasteiger partial charge in [-0.15, -0.1) is 10.2 Å². The van der Waals surface area contributed by atoms with Crippen LogP contribution in [0.5, 0.6) is 0 Å². The van der Waals surface area contributed by atoms with Crippen molar-refractivity contribution in [3.63, 3.8) is 0 Å². The van der Waals surface area contributed by atoms with Crippen LogP contribution in [0.15, 0.2) is 22.9 Å². The van der Waals surface area contributed by atoms with Crippen molar-refractivity contribution in [2.75, 3.05) is 5.73 Å². The van der Waals surface area contributed by atoms with E-state index in [9.17, 15) is 4.39 Å². The molecule has 0 aliphatic heterocycles. The fraction of sp³-hybridized carbons (Fsp3) is 0.250. The lowest BCUT2D eigenvalue weighted by molar-refractivity contribution is 0.622. The molecule has 2 heterocycles. The van der Waals surface area contributed by atoms with Gasteiger partial charge in [-0.05, 0) is 28.9 Å². The Kier molecular flexibility index (Phi) is 3.17. The molecule has 1 aromatic carbocycles. The summed E-state index contributed by atoms with van der Waals surface area (Å²) >= 11 is 3.18. The third-order valence-electron chi connectivity index (χ3n) is 3.16. The molecule has 0 radical (unpaired) electrons. The Labute approximate surface area is 122 Å². The van der Waals surface area contributed by atoms with Gasteiger partial charge < -0.3 is 14.9 Å². The Hall–Kier alpha value is -1.96. The van der Waals surface area contributed by atoms with Gasteiger partial charge in [0.1, 0.15) is 12.1 Å². The quantitative estimate of drug-likeness (QED) is 0.794. The van der Waals surface area contributed by atoms with Gasteiger partial charge in [-0.25, -0.2) is 9.37 Å². The Morgan fingerprint density at radius 1 is 1.40 bits per heavy atom. The van der Waals surface area contributed by atoms with E-state index in [2.05, 4.69) is 31.1 Å². The van der Waals surface area contributed by atoms with Gasteiger partial charge in [-0.2, -0.15) is 0 Å². The molecule has 6 nitrogen and oxygen atoms in total. The summed E-state index contributed by atoms with van der Waals surface area (Å²) in [6.07, 6.45) is 1.67. The van der Waals surface area contributed by atoms with E-state index in [0.29, 0.717) is 22.5 Å². The Bertz CT molecular complexity index is 778. The molecule has 0 aliphatic carbocycles. The number of rotatable bonds is 3. The number of aryl methyl sites for hydroxylation is 1. The van der Waals surface area contributed by atoms with Crippen molar-refractivity contribution in [1.82, 2.24) is 24.3 Å². The van der Waals surface area contributed by atoms with Gasteiger partial charge in [-0.3, -0.25) is 0 Å². The summed E-state index contributed by atoms with van der Waals surface area (Å²) in [5.41, 5.74) is 7.19. The topological polar surface area (TPSA) is 74.5 Å². The van der Waals surface area contributed by atoms with Gasteiger partial charge in [0, 0.05) is 12.6 Å². The maximum Gasteiger partial charge on any atom is 0.201 e. The number of fused-ring (bicyclic) bond motifs is 1. The SMILES string of the molecule is CCn1cnnc1Cn1c(N)nc2cc(F)c(Br)cc21. The standard InChI is InChI=1S/C12H12BrFN6/c1-2-19-6-16-18-11(19)5-20-10-3-7(13)8(14)4-9(10)17-12(20)15/h3-4,6H,2,5H2,1H3,(H2,15,17). The summed E-state index contributed by atoms with van der Waals surface area (Å²) in [7, 11) is 0. The van der Waals surface area contributed by atoms with Crippen LogP contribution in [0.2, 0.25) is 0 Å². The maximum absolute atomic E-state index is 13.5. The number of nitrogen functional groups attached to an aromatic ring is 1. The van der Waals surface area contributed by atoms with Crippen LogP contribution in [-0.4, -0.2) is 24.3 Å². The molecule has 0 unspecified atom stereocenters. The summed E-state index contributed by atoms with van der Waals surface area (Å²) < 4.78 is 17.6. The van der Waals surface area contributed by atoms with E-state index < -0.39 is 0 Å². The Morgan fingerprint density at radius 3 is 2.95 bits per heavy atom. The highest BCUT2D eigenvalue weighted by atomic mass is 79.9. The van der Waals surface area contributed by atoms with E-state index in [-0.39, 0.29) is 5.82 Å². The molecule has 0 saturated heterocycles. The molecular weight excluding hydrogens is 327 g/mol. The van der Waals surface area contributed by atoms with Crippen molar-refractivity contribution in [2.45, 2.75) is 20.0 Å². The molecule has 0 bridgehead atoms. The van der Waals surface area contributed by atoms with Crippen molar-refractivity contribution >= 4 is 32.9 Å². The van der Waals surface area contributed by atoms with Crippen molar-refractivity contribution in [3.05, 3.63) is 34.6 Å². The van der Waals surface area contributed by atoms with Crippen LogP contribution in [0.1, 0.15) is 12.7 Å². The summed E-state index contributed by atoms with van der Waals surface area (Å²) in [5.74, 6) is 0.737. The van der Waals surface area contributed by atoms with Crippen LogP contribution in [0.25, 0.3) is 11.0 Å². The first-order valence-corrected chi connectivity index (χ1v) is 6.87. The molecule has 2 N–H and O–H groups in total. The van der Waals surface area contributed by atoms with E-state index in [0.717, 1.165) is 17.9 Å². The number of hydrogen-bond acceptors (Lipinski definition) is 4. The summed E-state index contributed by atoms with van der Waals surface area (Å²) in [6, 6.07) is 3.03. The lowest BCUT2D eigenvalue weighted by Crippen LogP contribution is -2.10. The number of aromatic nitrogens is 5. The highest BCUT2D eigenvalue weighted by Crippen LogP contribution is 2.25. The minimum absolute atomic E-state index is 0.322. The molecule has 2 aromatic heterocycles. The predicted octanol–water partition coefficient (Wildman–Crippen LogP) is 2.18. The van der Waals surface area contributed by atoms with E-state index in [1.165, 1.54) is 6.07 Å². The second kappa shape index (κ2) is 4.86. The number of benzene rings is 1. The first-order valence-electron chi connectivity index (χ1n) is 6.07. The van der Waals surface area contributed by atoms with Crippen LogP contribution in [0.3, 0.4) is 0 Å². The maximum atomic E-state index is 13.5. The van der Waals surface area contributed by atoms with E-state index in [1.54, 1.807) is 17.0 Å². The minimum atomic E-state index is -0.362. The van der Waals surface area contributed by atoms with Crippen LogP contribution in [-0.2, 0) is 13.1 Å². The lowest BCUT2D eigenvalue weighted by Gasteiger charge is -2.07. The van der Waals surface area contributed by atoms with Gasteiger partial charge in [-0.1, -0.05) is 0 Å². The molecule has 0 saturated carbocycles. The largest absolute Gasteiger partial charge is 0.369 e.